The highest BCUT2D eigenvalue weighted by atomic mass is 16.5. The molecule has 1 aliphatic rings. The number of hydrogen-bond acceptors (Lipinski definition) is 4. The first kappa shape index (κ1) is 17.8. The van der Waals surface area contributed by atoms with Crippen LogP contribution in [0.25, 0.3) is 0 Å². The van der Waals surface area contributed by atoms with Crippen LogP contribution in [0.15, 0.2) is 24.3 Å². The third-order valence-corrected chi connectivity index (χ3v) is 3.29. The maximum atomic E-state index is 12.0. The van der Waals surface area contributed by atoms with Crippen molar-refractivity contribution in [1.29, 1.82) is 0 Å². The molecular weight excluding hydrogens is 310 g/mol. The van der Waals surface area contributed by atoms with Crippen molar-refractivity contribution in [3.8, 4) is 5.75 Å². The molecule has 0 spiro atoms. The van der Waals surface area contributed by atoms with Crippen molar-refractivity contribution in [2.45, 2.75) is 38.8 Å². The lowest BCUT2D eigenvalue weighted by Crippen LogP contribution is -2.42. The van der Waals surface area contributed by atoms with Gasteiger partial charge in [-0.15, -0.1) is 0 Å². The fourth-order valence-corrected chi connectivity index (χ4v) is 1.97. The standard InChI is InChI=1S/C17H23N3O4/c1-11(2)24-14-7-3-12(4-8-14)17(23)19-9-15(21)18-10-16(22)20-13-5-6-13/h3-4,7-8,11,13H,5-6,9-10H2,1-2H3,(H,18,21)(H,19,23)(H,20,22). The minimum atomic E-state index is -0.408. The molecule has 0 atom stereocenters. The lowest BCUT2D eigenvalue weighted by Gasteiger charge is -2.10. The Labute approximate surface area is 141 Å². The number of hydrogen-bond donors (Lipinski definition) is 3. The first-order valence-electron chi connectivity index (χ1n) is 8.05. The third kappa shape index (κ3) is 6.28. The highest BCUT2D eigenvalue weighted by Gasteiger charge is 2.23. The van der Waals surface area contributed by atoms with Gasteiger partial charge in [-0.3, -0.25) is 14.4 Å². The molecule has 0 aromatic heterocycles. The molecule has 3 N–H and O–H groups in total. The van der Waals surface area contributed by atoms with E-state index in [2.05, 4.69) is 16.0 Å². The largest absolute Gasteiger partial charge is 0.491 e. The van der Waals surface area contributed by atoms with Crippen molar-refractivity contribution < 1.29 is 19.1 Å². The number of nitrogens with one attached hydrogen (secondary N) is 3. The van der Waals surface area contributed by atoms with Crippen LogP contribution in [0.2, 0.25) is 0 Å². The van der Waals surface area contributed by atoms with E-state index in [9.17, 15) is 14.4 Å². The van der Waals surface area contributed by atoms with Crippen molar-refractivity contribution in [1.82, 2.24) is 16.0 Å². The number of ether oxygens (including phenoxy) is 1. The van der Waals surface area contributed by atoms with Gasteiger partial charge in [0.1, 0.15) is 5.75 Å². The summed E-state index contributed by atoms with van der Waals surface area (Å²) in [6.45, 7) is 3.58. The SMILES string of the molecule is CC(C)Oc1ccc(C(=O)NCC(=O)NCC(=O)NC2CC2)cc1. The van der Waals surface area contributed by atoms with Crippen LogP contribution in [0.4, 0.5) is 0 Å². The fraction of sp³-hybridized carbons (Fsp3) is 0.471. The molecule has 24 heavy (non-hydrogen) atoms. The third-order valence-electron chi connectivity index (χ3n) is 3.29. The average molecular weight is 333 g/mol. The predicted molar refractivity (Wildman–Crippen MR) is 88.7 cm³/mol. The summed E-state index contributed by atoms with van der Waals surface area (Å²) in [5.41, 5.74) is 0.436. The molecule has 2 rings (SSSR count). The molecule has 3 amide bonds. The zero-order valence-electron chi connectivity index (χ0n) is 13.9. The van der Waals surface area contributed by atoms with Gasteiger partial charge in [0.2, 0.25) is 11.8 Å². The van der Waals surface area contributed by atoms with Crippen LogP contribution in [0.3, 0.4) is 0 Å². The van der Waals surface area contributed by atoms with E-state index in [0.29, 0.717) is 11.3 Å². The van der Waals surface area contributed by atoms with Gasteiger partial charge in [-0.05, 0) is 51.0 Å². The second kappa shape index (κ2) is 8.33. The summed E-state index contributed by atoms with van der Waals surface area (Å²) >= 11 is 0. The van der Waals surface area contributed by atoms with Crippen molar-refractivity contribution >= 4 is 17.7 Å². The molecule has 0 aliphatic heterocycles. The van der Waals surface area contributed by atoms with Crippen LogP contribution < -0.4 is 20.7 Å². The Morgan fingerprint density at radius 3 is 2.25 bits per heavy atom. The minimum absolute atomic E-state index is 0.0606. The predicted octanol–water partition coefficient (Wildman–Crippen LogP) is 0.598. The smallest absolute Gasteiger partial charge is 0.251 e. The summed E-state index contributed by atoms with van der Waals surface area (Å²) in [4.78, 5) is 35.0. The van der Waals surface area contributed by atoms with Crippen molar-refractivity contribution in [2.24, 2.45) is 0 Å². The Kier molecular flexibility index (Phi) is 6.17. The molecule has 1 aromatic carbocycles. The van der Waals surface area contributed by atoms with E-state index in [1.54, 1.807) is 24.3 Å². The summed E-state index contributed by atoms with van der Waals surface area (Å²) in [6, 6.07) is 6.94. The molecule has 1 aliphatic carbocycles. The quantitative estimate of drug-likeness (QED) is 0.649. The Bertz CT molecular complexity index is 594. The van der Waals surface area contributed by atoms with Crippen LogP contribution in [0.1, 0.15) is 37.0 Å². The maximum absolute atomic E-state index is 12.0. The summed E-state index contributed by atoms with van der Waals surface area (Å²) in [5.74, 6) is -0.295. The number of carbonyl (C=O) groups excluding carboxylic acids is 3. The van der Waals surface area contributed by atoms with E-state index >= 15 is 0 Å². The normalized spacial score (nSPS) is 13.3. The van der Waals surface area contributed by atoms with Gasteiger partial charge in [0.15, 0.2) is 0 Å². The van der Waals surface area contributed by atoms with Crippen LogP contribution in [0.5, 0.6) is 5.75 Å². The summed E-state index contributed by atoms with van der Waals surface area (Å²) in [6.07, 6.45) is 2.05. The lowest BCUT2D eigenvalue weighted by atomic mass is 10.2. The van der Waals surface area contributed by atoms with Gasteiger partial charge in [0.25, 0.3) is 5.91 Å². The maximum Gasteiger partial charge on any atom is 0.251 e. The molecule has 130 valence electrons. The van der Waals surface area contributed by atoms with Crippen molar-refractivity contribution in [3.63, 3.8) is 0 Å². The van der Waals surface area contributed by atoms with Gasteiger partial charge in [0.05, 0.1) is 19.2 Å². The molecule has 0 unspecified atom stereocenters. The summed E-state index contributed by atoms with van der Waals surface area (Å²) in [5, 5.41) is 7.75. The highest BCUT2D eigenvalue weighted by molar-refractivity contribution is 5.96. The first-order valence-corrected chi connectivity index (χ1v) is 8.05. The molecule has 1 aromatic rings. The molecule has 0 saturated heterocycles. The average Bonchev–Trinajstić information content (AvgIpc) is 3.34. The van der Waals surface area contributed by atoms with Crippen LogP contribution in [-0.4, -0.2) is 43.0 Å². The van der Waals surface area contributed by atoms with Crippen LogP contribution in [0, 0.1) is 0 Å². The number of rotatable bonds is 8. The molecule has 1 saturated carbocycles. The molecule has 0 radical (unpaired) electrons. The Morgan fingerprint density at radius 2 is 1.67 bits per heavy atom. The number of carbonyl (C=O) groups is 3. The Balaban J connectivity index is 1.69. The van der Waals surface area contributed by atoms with Gasteiger partial charge in [0, 0.05) is 11.6 Å². The van der Waals surface area contributed by atoms with E-state index in [4.69, 9.17) is 4.74 Å². The molecule has 0 bridgehead atoms. The zero-order valence-corrected chi connectivity index (χ0v) is 13.9. The number of amides is 3. The fourth-order valence-electron chi connectivity index (χ4n) is 1.97. The molecule has 7 heteroatoms. The second-order valence-corrected chi connectivity index (χ2v) is 5.99. The van der Waals surface area contributed by atoms with Crippen molar-refractivity contribution in [2.75, 3.05) is 13.1 Å². The number of benzene rings is 1. The van der Waals surface area contributed by atoms with Gasteiger partial charge in [-0.1, -0.05) is 0 Å². The van der Waals surface area contributed by atoms with Gasteiger partial charge >= 0.3 is 0 Å². The first-order chi connectivity index (χ1) is 11.4. The van der Waals surface area contributed by atoms with Crippen molar-refractivity contribution in [3.05, 3.63) is 29.8 Å². The molecule has 1 fully saturated rings. The highest BCUT2D eigenvalue weighted by Crippen LogP contribution is 2.18. The zero-order chi connectivity index (χ0) is 17.5. The van der Waals surface area contributed by atoms with Crippen LogP contribution >= 0.6 is 0 Å². The van der Waals surface area contributed by atoms with Crippen LogP contribution in [-0.2, 0) is 9.59 Å². The van der Waals surface area contributed by atoms with Gasteiger partial charge in [-0.25, -0.2) is 0 Å². The summed E-state index contributed by atoms with van der Waals surface area (Å²) < 4.78 is 5.50. The molecular formula is C17H23N3O4. The second-order valence-electron chi connectivity index (χ2n) is 5.99. The molecule has 7 nitrogen and oxygen atoms in total. The van der Waals surface area contributed by atoms with E-state index in [1.165, 1.54) is 0 Å². The van der Waals surface area contributed by atoms with E-state index in [1.807, 2.05) is 13.8 Å². The topological polar surface area (TPSA) is 96.5 Å². The summed E-state index contributed by atoms with van der Waals surface area (Å²) in [7, 11) is 0. The van der Waals surface area contributed by atoms with E-state index in [-0.39, 0.29) is 37.0 Å². The van der Waals surface area contributed by atoms with Gasteiger partial charge < -0.3 is 20.7 Å². The van der Waals surface area contributed by atoms with E-state index in [0.717, 1.165) is 12.8 Å². The Morgan fingerprint density at radius 1 is 1.04 bits per heavy atom. The Hall–Kier alpha value is -2.57. The monoisotopic (exact) mass is 333 g/mol. The van der Waals surface area contributed by atoms with E-state index < -0.39 is 5.91 Å². The van der Waals surface area contributed by atoms with Gasteiger partial charge in [-0.2, -0.15) is 0 Å². The lowest BCUT2D eigenvalue weighted by molar-refractivity contribution is -0.125. The molecule has 0 heterocycles. The minimum Gasteiger partial charge on any atom is -0.491 e.